The van der Waals surface area contributed by atoms with E-state index >= 15 is 0 Å². The summed E-state index contributed by atoms with van der Waals surface area (Å²) in [6.45, 7) is 4.79. The number of methoxy groups -OCH3 is 1. The second kappa shape index (κ2) is 16.0. The number of unbranched alkanes of at least 4 members (excludes halogenated alkanes) is 1. The molecule has 0 saturated carbocycles. The first-order chi connectivity index (χ1) is 21.4. The van der Waals surface area contributed by atoms with Crippen molar-refractivity contribution in [2.24, 2.45) is 17.4 Å². The number of hydrogen-bond acceptors (Lipinski definition) is 8. The van der Waals surface area contributed by atoms with Gasteiger partial charge in [-0.25, -0.2) is 9.78 Å². The molecular weight excluding hydrogens is 578 g/mol. The quantitative estimate of drug-likeness (QED) is 0.0755. The molecule has 9 N–H and O–H groups in total. The molecule has 0 fully saturated rings. The number of nitrogens with two attached hydrogens (primary N) is 2. The molecule has 0 radical (unpaired) electrons. The molecule has 13 nitrogen and oxygen atoms in total. The first-order valence-electron chi connectivity index (χ1n) is 14.4. The largest absolute Gasteiger partial charge is 0.481 e. The van der Waals surface area contributed by atoms with E-state index in [1.165, 1.54) is 37.4 Å². The molecule has 0 spiro atoms. The lowest BCUT2D eigenvalue weighted by Gasteiger charge is -2.20. The Morgan fingerprint density at radius 2 is 1.62 bits per heavy atom. The van der Waals surface area contributed by atoms with Crippen LogP contribution in [-0.4, -0.2) is 65.9 Å². The van der Waals surface area contributed by atoms with E-state index in [-0.39, 0.29) is 51.5 Å². The van der Waals surface area contributed by atoms with E-state index in [0.717, 1.165) is 6.42 Å². The highest BCUT2D eigenvalue weighted by Gasteiger charge is 2.25. The lowest BCUT2D eigenvalue weighted by atomic mass is 9.95. The van der Waals surface area contributed by atoms with Crippen molar-refractivity contribution in [1.29, 1.82) is 5.41 Å². The Balaban J connectivity index is 1.93. The third kappa shape index (κ3) is 9.34. The third-order valence-electron chi connectivity index (χ3n) is 6.81. The van der Waals surface area contributed by atoms with Crippen LogP contribution in [0.5, 0.6) is 5.88 Å². The van der Waals surface area contributed by atoms with E-state index in [0.29, 0.717) is 37.2 Å². The number of carboxylic acid groups (broad SMARTS) is 1. The monoisotopic (exact) mass is 617 g/mol. The molecule has 0 saturated heterocycles. The van der Waals surface area contributed by atoms with Gasteiger partial charge in [0.05, 0.1) is 12.7 Å². The van der Waals surface area contributed by atoms with Crippen LogP contribution in [0.25, 0.3) is 11.1 Å². The molecule has 13 heteroatoms. The zero-order chi connectivity index (χ0) is 33.1. The van der Waals surface area contributed by atoms with Crippen LogP contribution in [0.15, 0.2) is 54.6 Å². The number of anilines is 1. The van der Waals surface area contributed by atoms with Gasteiger partial charge in [0.25, 0.3) is 11.8 Å². The molecule has 238 valence electrons. The first-order valence-corrected chi connectivity index (χ1v) is 14.4. The van der Waals surface area contributed by atoms with Gasteiger partial charge >= 0.3 is 5.97 Å². The summed E-state index contributed by atoms with van der Waals surface area (Å²) in [6, 6.07) is 12.5. The minimum absolute atomic E-state index is 0.0267. The number of nitrogen functional groups attached to an aromatic ring is 1. The van der Waals surface area contributed by atoms with Crippen molar-refractivity contribution in [1.82, 2.24) is 15.6 Å². The molecule has 2 aromatic carbocycles. The number of carbonyl (C=O) groups excluding carboxylic acids is 3. The molecule has 1 unspecified atom stereocenters. The number of carboxylic acids is 1. The smallest absolute Gasteiger partial charge is 0.336 e. The molecule has 45 heavy (non-hydrogen) atoms. The van der Waals surface area contributed by atoms with Gasteiger partial charge in [0.2, 0.25) is 11.8 Å². The summed E-state index contributed by atoms with van der Waals surface area (Å²) in [7, 11) is 1.38. The van der Waals surface area contributed by atoms with Crippen LogP contribution in [0, 0.1) is 11.3 Å². The van der Waals surface area contributed by atoms with Crippen LogP contribution in [0.1, 0.15) is 69.9 Å². The van der Waals surface area contributed by atoms with Crippen molar-refractivity contribution >= 4 is 35.2 Å². The maximum Gasteiger partial charge on any atom is 0.336 e. The minimum Gasteiger partial charge on any atom is -0.481 e. The molecular formula is C32H39N7O6. The number of aromatic carboxylic acids is 1. The highest BCUT2D eigenvalue weighted by Crippen LogP contribution is 2.30. The normalized spacial score (nSPS) is 11.4. The molecule has 0 bridgehead atoms. The van der Waals surface area contributed by atoms with Gasteiger partial charge in [0.15, 0.2) is 0 Å². The first kappa shape index (κ1) is 34.2. The van der Waals surface area contributed by atoms with Gasteiger partial charge < -0.3 is 37.3 Å². The van der Waals surface area contributed by atoms with E-state index in [1.807, 2.05) is 13.8 Å². The Hall–Kier alpha value is -5.30. The number of nitrogens with one attached hydrogen (secondary N) is 4. The van der Waals surface area contributed by atoms with Gasteiger partial charge in [-0.1, -0.05) is 19.9 Å². The molecule has 3 rings (SSSR count). The van der Waals surface area contributed by atoms with Crippen molar-refractivity contribution in [3.05, 3.63) is 77.0 Å². The average molecular weight is 618 g/mol. The summed E-state index contributed by atoms with van der Waals surface area (Å²) in [4.78, 5) is 56.2. The van der Waals surface area contributed by atoms with Gasteiger partial charge in [-0.15, -0.1) is 0 Å². The minimum atomic E-state index is -1.34. The maximum absolute atomic E-state index is 13.4. The maximum atomic E-state index is 13.4. The van der Waals surface area contributed by atoms with Gasteiger partial charge in [-0.2, -0.15) is 0 Å². The molecule has 1 aromatic heterocycles. The van der Waals surface area contributed by atoms with Crippen molar-refractivity contribution < 1.29 is 29.0 Å². The summed E-state index contributed by atoms with van der Waals surface area (Å²) >= 11 is 0. The number of nitrogens with zero attached hydrogens (tertiary/aromatic N) is 1. The van der Waals surface area contributed by atoms with E-state index in [4.69, 9.17) is 21.6 Å². The fourth-order valence-electron chi connectivity index (χ4n) is 4.51. The van der Waals surface area contributed by atoms with Crippen molar-refractivity contribution in [2.75, 3.05) is 25.5 Å². The van der Waals surface area contributed by atoms with Gasteiger partial charge in [-0.3, -0.25) is 19.8 Å². The van der Waals surface area contributed by atoms with Gasteiger partial charge in [0, 0.05) is 35.0 Å². The molecule has 0 aliphatic rings. The second-order valence-corrected chi connectivity index (χ2v) is 10.7. The standard InChI is InChI=1S/C32H39N7O6/c1-18(2)16-25(30(41)36-15-5-4-14-33)38-29(40)20-8-11-22(24(17-20)32(43)44)23-12-13-26(45-3)39-27(23)31(42)37-21-9-6-19(7-10-21)28(34)35/h6-13,17-18,25H,4-5,14-16,33H2,1-3H3,(H3,34,35)(H,36,41)(H,37,42)(H,38,40)(H,43,44). The molecule has 1 atom stereocenters. The topological polar surface area (TPSA) is 223 Å². The summed E-state index contributed by atoms with van der Waals surface area (Å²) in [6.07, 6.45) is 1.85. The number of amides is 3. The van der Waals surface area contributed by atoms with Crippen LogP contribution in [0.3, 0.4) is 0 Å². The van der Waals surface area contributed by atoms with E-state index in [9.17, 15) is 24.3 Å². The molecule has 1 heterocycles. The molecule has 3 aromatic rings. The predicted octanol–water partition coefficient (Wildman–Crippen LogP) is 2.99. The molecule has 3 amide bonds. The zero-order valence-corrected chi connectivity index (χ0v) is 25.5. The summed E-state index contributed by atoms with van der Waals surface area (Å²) in [5.74, 6) is -2.83. The fraction of sp³-hybridized carbons (Fsp3) is 0.312. The Morgan fingerprint density at radius 3 is 2.22 bits per heavy atom. The summed E-state index contributed by atoms with van der Waals surface area (Å²) < 4.78 is 5.20. The summed E-state index contributed by atoms with van der Waals surface area (Å²) in [5.41, 5.74) is 11.9. The number of amidine groups is 1. The number of pyridine rings is 1. The van der Waals surface area contributed by atoms with Gasteiger partial charge in [0.1, 0.15) is 17.6 Å². The van der Waals surface area contributed by atoms with E-state index < -0.39 is 23.8 Å². The third-order valence-corrected chi connectivity index (χ3v) is 6.81. The number of benzene rings is 2. The number of hydrogen-bond donors (Lipinski definition) is 7. The Bertz CT molecular complexity index is 1560. The van der Waals surface area contributed by atoms with Crippen LogP contribution in [0.2, 0.25) is 0 Å². The average Bonchev–Trinajstić information content (AvgIpc) is 3.02. The highest BCUT2D eigenvalue weighted by molar-refractivity contribution is 6.10. The molecule has 0 aliphatic heterocycles. The summed E-state index contributed by atoms with van der Waals surface area (Å²) in [5, 5.41) is 25.9. The molecule has 0 aliphatic carbocycles. The van der Waals surface area contributed by atoms with Crippen molar-refractivity contribution in [2.45, 2.75) is 39.2 Å². The van der Waals surface area contributed by atoms with Gasteiger partial charge in [-0.05, 0) is 79.8 Å². The number of aromatic nitrogens is 1. The number of ether oxygens (including phenoxy) is 1. The lowest BCUT2D eigenvalue weighted by molar-refractivity contribution is -0.123. The van der Waals surface area contributed by atoms with E-state index in [2.05, 4.69) is 20.9 Å². The van der Waals surface area contributed by atoms with Crippen molar-refractivity contribution in [3.8, 4) is 17.0 Å². The number of carbonyl (C=O) groups is 4. The zero-order valence-electron chi connectivity index (χ0n) is 25.5. The van der Waals surface area contributed by atoms with Crippen LogP contribution < -0.4 is 32.2 Å². The van der Waals surface area contributed by atoms with E-state index in [1.54, 1.807) is 24.3 Å². The highest BCUT2D eigenvalue weighted by atomic mass is 16.5. The Morgan fingerprint density at radius 1 is 0.956 bits per heavy atom. The van der Waals surface area contributed by atoms with Crippen LogP contribution >= 0.6 is 0 Å². The fourth-order valence-corrected chi connectivity index (χ4v) is 4.51. The SMILES string of the molecule is COc1ccc(-c2ccc(C(=O)NC(CC(C)C)C(=O)NCCCCN)cc2C(=O)O)c(C(=O)Nc2ccc(C(=N)N)cc2)n1. The van der Waals surface area contributed by atoms with Crippen LogP contribution in [0.4, 0.5) is 5.69 Å². The Labute approximate surface area is 261 Å². The lowest BCUT2D eigenvalue weighted by Crippen LogP contribution is -2.47. The van der Waals surface area contributed by atoms with Crippen LogP contribution in [-0.2, 0) is 4.79 Å². The predicted molar refractivity (Wildman–Crippen MR) is 171 cm³/mol. The second-order valence-electron chi connectivity index (χ2n) is 10.7. The Kier molecular flexibility index (Phi) is 12.1. The van der Waals surface area contributed by atoms with Crippen molar-refractivity contribution in [3.63, 3.8) is 0 Å². The number of rotatable bonds is 15.